The Kier molecular flexibility index (Phi) is 3.75. The van der Waals surface area contributed by atoms with Gasteiger partial charge >= 0.3 is 0 Å². The normalized spacial score (nSPS) is 11.4. The smallest absolute Gasteiger partial charge is 0.165 e. The lowest BCUT2D eigenvalue weighted by atomic mass is 9.92. The summed E-state index contributed by atoms with van der Waals surface area (Å²) in [6.07, 6.45) is 0. The van der Waals surface area contributed by atoms with Crippen molar-refractivity contribution in [3.63, 3.8) is 0 Å². The van der Waals surface area contributed by atoms with E-state index in [0.29, 0.717) is 17.1 Å². The van der Waals surface area contributed by atoms with E-state index in [2.05, 4.69) is 0 Å². The maximum Gasteiger partial charge on any atom is 0.165 e. The lowest BCUT2D eigenvalue weighted by Crippen LogP contribution is -2.29. The maximum absolute atomic E-state index is 12.7. The monoisotopic (exact) mass is 227 g/mol. The molecule has 3 nitrogen and oxygen atoms in total. The fraction of sp³-hybridized carbons (Fsp3) is 0.500. The van der Waals surface area contributed by atoms with Crippen LogP contribution in [0.5, 0.6) is 11.5 Å². The Morgan fingerprint density at radius 2 is 1.88 bits per heavy atom. The highest BCUT2D eigenvalue weighted by atomic mass is 19.1. The number of ether oxygens (including phenoxy) is 2. The van der Waals surface area contributed by atoms with Crippen LogP contribution in [0.4, 0.5) is 4.39 Å². The van der Waals surface area contributed by atoms with Gasteiger partial charge < -0.3 is 15.2 Å². The van der Waals surface area contributed by atoms with Gasteiger partial charge in [0.1, 0.15) is 6.67 Å². The Balaban J connectivity index is 3.43. The van der Waals surface area contributed by atoms with Crippen molar-refractivity contribution in [1.82, 2.24) is 0 Å². The van der Waals surface area contributed by atoms with Gasteiger partial charge in [-0.3, -0.25) is 0 Å². The summed E-state index contributed by atoms with van der Waals surface area (Å²) < 4.78 is 23.1. The summed E-state index contributed by atoms with van der Waals surface area (Å²) in [5.74, 6) is 1.07. The first-order chi connectivity index (χ1) is 7.43. The second-order valence-corrected chi connectivity index (χ2v) is 4.23. The maximum atomic E-state index is 12.7. The molecule has 0 aromatic heterocycles. The number of halogens is 1. The zero-order chi connectivity index (χ0) is 12.3. The molecule has 4 heteroatoms. The lowest BCUT2D eigenvalue weighted by molar-refractivity contribution is 0.342. The Bertz CT molecular complexity index is 372. The van der Waals surface area contributed by atoms with Gasteiger partial charge in [-0.15, -0.1) is 0 Å². The van der Waals surface area contributed by atoms with Gasteiger partial charge in [0.25, 0.3) is 0 Å². The highest BCUT2D eigenvalue weighted by molar-refractivity contribution is 5.52. The minimum atomic E-state index is -0.607. The SMILES string of the molecule is COc1cc(CF)cc(C(C)(C)N)c1OC. The molecular weight excluding hydrogens is 209 g/mol. The number of rotatable bonds is 4. The van der Waals surface area contributed by atoms with E-state index in [0.717, 1.165) is 5.56 Å². The highest BCUT2D eigenvalue weighted by Crippen LogP contribution is 2.37. The van der Waals surface area contributed by atoms with Crippen molar-refractivity contribution in [3.05, 3.63) is 23.3 Å². The molecule has 0 fully saturated rings. The Morgan fingerprint density at radius 3 is 2.25 bits per heavy atom. The van der Waals surface area contributed by atoms with Gasteiger partial charge in [0.15, 0.2) is 11.5 Å². The van der Waals surface area contributed by atoms with Crippen LogP contribution in [0.25, 0.3) is 0 Å². The topological polar surface area (TPSA) is 44.5 Å². The van der Waals surface area contributed by atoms with Gasteiger partial charge in [-0.2, -0.15) is 0 Å². The van der Waals surface area contributed by atoms with E-state index in [-0.39, 0.29) is 0 Å². The first-order valence-electron chi connectivity index (χ1n) is 5.04. The van der Waals surface area contributed by atoms with E-state index in [9.17, 15) is 4.39 Å². The number of nitrogens with two attached hydrogens (primary N) is 1. The molecule has 1 rings (SSSR count). The predicted molar refractivity (Wildman–Crippen MR) is 61.6 cm³/mol. The minimum Gasteiger partial charge on any atom is -0.493 e. The second kappa shape index (κ2) is 4.70. The van der Waals surface area contributed by atoms with Gasteiger partial charge in [0.05, 0.1) is 14.2 Å². The summed E-state index contributed by atoms with van der Waals surface area (Å²) in [5, 5.41) is 0. The van der Waals surface area contributed by atoms with Crippen LogP contribution >= 0.6 is 0 Å². The molecule has 2 N–H and O–H groups in total. The molecule has 90 valence electrons. The molecule has 0 atom stereocenters. The van der Waals surface area contributed by atoms with Gasteiger partial charge in [0.2, 0.25) is 0 Å². The van der Waals surface area contributed by atoms with E-state index < -0.39 is 12.2 Å². The summed E-state index contributed by atoms with van der Waals surface area (Å²) in [4.78, 5) is 0. The molecule has 0 unspecified atom stereocenters. The van der Waals surface area contributed by atoms with Crippen LogP contribution in [0.3, 0.4) is 0 Å². The van der Waals surface area contributed by atoms with Crippen LogP contribution in [-0.4, -0.2) is 14.2 Å². The third kappa shape index (κ3) is 2.44. The molecule has 0 aliphatic rings. The highest BCUT2D eigenvalue weighted by Gasteiger charge is 2.23. The predicted octanol–water partition coefficient (Wildman–Crippen LogP) is 2.37. The van der Waals surface area contributed by atoms with Gasteiger partial charge in [-0.1, -0.05) is 0 Å². The number of methoxy groups -OCH3 is 2. The molecule has 0 radical (unpaired) electrons. The largest absolute Gasteiger partial charge is 0.493 e. The molecule has 0 saturated heterocycles. The van der Waals surface area contributed by atoms with Gasteiger partial charge in [-0.05, 0) is 31.5 Å². The van der Waals surface area contributed by atoms with Crippen molar-refractivity contribution in [3.8, 4) is 11.5 Å². The number of benzene rings is 1. The number of alkyl halides is 1. The van der Waals surface area contributed by atoms with Crippen molar-refractivity contribution < 1.29 is 13.9 Å². The molecule has 1 aromatic rings. The van der Waals surface area contributed by atoms with Gasteiger partial charge in [-0.25, -0.2) is 4.39 Å². The van der Waals surface area contributed by atoms with Crippen LogP contribution in [0.15, 0.2) is 12.1 Å². The Morgan fingerprint density at radius 1 is 1.25 bits per heavy atom. The van der Waals surface area contributed by atoms with E-state index in [1.165, 1.54) is 7.11 Å². The molecule has 0 amide bonds. The van der Waals surface area contributed by atoms with Crippen molar-refractivity contribution in [1.29, 1.82) is 0 Å². The molecule has 0 aliphatic heterocycles. The quantitative estimate of drug-likeness (QED) is 0.858. The van der Waals surface area contributed by atoms with E-state index >= 15 is 0 Å². The fourth-order valence-electron chi connectivity index (χ4n) is 1.58. The fourth-order valence-corrected chi connectivity index (χ4v) is 1.58. The summed E-state index contributed by atoms with van der Waals surface area (Å²) in [6, 6.07) is 3.33. The van der Waals surface area contributed by atoms with E-state index in [4.69, 9.17) is 15.2 Å². The van der Waals surface area contributed by atoms with E-state index in [1.54, 1.807) is 19.2 Å². The van der Waals surface area contributed by atoms with Crippen LogP contribution in [0.2, 0.25) is 0 Å². The molecule has 0 spiro atoms. The summed E-state index contributed by atoms with van der Waals surface area (Å²) >= 11 is 0. The third-order valence-corrected chi connectivity index (χ3v) is 2.39. The van der Waals surface area contributed by atoms with Crippen molar-refractivity contribution >= 4 is 0 Å². The Labute approximate surface area is 95.4 Å². The lowest BCUT2D eigenvalue weighted by Gasteiger charge is -2.24. The average molecular weight is 227 g/mol. The third-order valence-electron chi connectivity index (χ3n) is 2.39. The molecule has 0 aliphatic carbocycles. The summed E-state index contributed by atoms with van der Waals surface area (Å²) in [6.45, 7) is 3.13. The van der Waals surface area contributed by atoms with Crippen molar-refractivity contribution in [2.24, 2.45) is 5.73 Å². The van der Waals surface area contributed by atoms with Crippen molar-refractivity contribution in [2.45, 2.75) is 26.1 Å². The molecule has 0 bridgehead atoms. The minimum absolute atomic E-state index is 0.506. The molecular formula is C12H18FNO2. The summed E-state index contributed by atoms with van der Waals surface area (Å²) in [5.41, 5.74) is 6.69. The number of hydrogen-bond acceptors (Lipinski definition) is 3. The van der Waals surface area contributed by atoms with Crippen LogP contribution in [0, 0.1) is 0 Å². The standard InChI is InChI=1S/C12H18FNO2/c1-12(2,14)9-5-8(7-13)6-10(15-3)11(9)16-4/h5-6H,7,14H2,1-4H3. The average Bonchev–Trinajstić information content (AvgIpc) is 2.25. The van der Waals surface area contributed by atoms with Crippen LogP contribution in [0.1, 0.15) is 25.0 Å². The first kappa shape index (κ1) is 12.8. The van der Waals surface area contributed by atoms with Crippen LogP contribution < -0.4 is 15.2 Å². The molecule has 0 heterocycles. The van der Waals surface area contributed by atoms with Crippen molar-refractivity contribution in [2.75, 3.05) is 14.2 Å². The summed E-state index contributed by atoms with van der Waals surface area (Å²) in [7, 11) is 3.06. The van der Waals surface area contributed by atoms with Crippen LogP contribution in [-0.2, 0) is 12.2 Å². The number of hydrogen-bond donors (Lipinski definition) is 1. The molecule has 0 saturated carbocycles. The molecule has 1 aromatic carbocycles. The molecule has 16 heavy (non-hydrogen) atoms. The Hall–Kier alpha value is -1.29. The van der Waals surface area contributed by atoms with E-state index in [1.807, 2.05) is 13.8 Å². The zero-order valence-corrected chi connectivity index (χ0v) is 10.1. The van der Waals surface area contributed by atoms with Gasteiger partial charge in [0, 0.05) is 11.1 Å². The zero-order valence-electron chi connectivity index (χ0n) is 10.1. The second-order valence-electron chi connectivity index (χ2n) is 4.23. The first-order valence-corrected chi connectivity index (χ1v) is 5.04.